The minimum Gasteiger partial charge on any atom is -0.465 e. The average molecular weight is 382 g/mol. The zero-order chi connectivity index (χ0) is 20.7. The number of benzene rings is 2. The van der Waals surface area contributed by atoms with Crippen LogP contribution in [-0.2, 0) is 27.2 Å². The van der Waals surface area contributed by atoms with Crippen molar-refractivity contribution in [2.24, 2.45) is 0 Å². The first-order valence-corrected chi connectivity index (χ1v) is 9.28. The predicted octanol–water partition coefficient (Wildman–Crippen LogP) is 3.59. The molecule has 2 aromatic rings. The Kier molecular flexibility index (Phi) is 7.32. The second kappa shape index (κ2) is 9.69. The number of nitrogens with zero attached hydrogens (tertiary/aromatic N) is 1. The topological polar surface area (TPSA) is 75.7 Å². The van der Waals surface area contributed by atoms with Crippen LogP contribution in [0.2, 0.25) is 0 Å². The Morgan fingerprint density at radius 3 is 2.11 bits per heavy atom. The van der Waals surface area contributed by atoms with Crippen LogP contribution in [0.4, 0.5) is 11.4 Å². The van der Waals surface area contributed by atoms with Crippen molar-refractivity contribution < 1.29 is 19.1 Å². The van der Waals surface area contributed by atoms with E-state index in [1.807, 2.05) is 32.0 Å². The number of carbonyl (C=O) groups excluding carboxylic acids is 3. The summed E-state index contributed by atoms with van der Waals surface area (Å²) in [7, 11) is 1.28. The molecule has 1 N–H and O–H groups in total. The zero-order valence-corrected chi connectivity index (χ0v) is 16.7. The second-order valence-electron chi connectivity index (χ2n) is 6.32. The van der Waals surface area contributed by atoms with E-state index in [1.54, 1.807) is 24.3 Å². The van der Waals surface area contributed by atoms with Gasteiger partial charge in [0, 0.05) is 12.6 Å². The van der Waals surface area contributed by atoms with Crippen LogP contribution in [0.15, 0.2) is 42.5 Å². The SMILES string of the molecule is CCc1cccc(CC)c1NC(=O)CN(C(C)=O)c1ccccc1C(=O)OC. The number of methoxy groups -OCH3 is 1. The molecule has 0 aliphatic carbocycles. The summed E-state index contributed by atoms with van der Waals surface area (Å²) < 4.78 is 4.79. The molecule has 0 heterocycles. The van der Waals surface area contributed by atoms with Crippen molar-refractivity contribution in [3.63, 3.8) is 0 Å². The van der Waals surface area contributed by atoms with Crippen LogP contribution in [0.25, 0.3) is 0 Å². The summed E-state index contributed by atoms with van der Waals surface area (Å²) in [6.45, 7) is 5.21. The Morgan fingerprint density at radius 2 is 1.57 bits per heavy atom. The van der Waals surface area contributed by atoms with Crippen LogP contribution in [0, 0.1) is 0 Å². The third-order valence-corrected chi connectivity index (χ3v) is 4.55. The van der Waals surface area contributed by atoms with Gasteiger partial charge in [0.15, 0.2) is 0 Å². The lowest BCUT2D eigenvalue weighted by atomic mass is 10.0. The van der Waals surface area contributed by atoms with E-state index in [4.69, 9.17) is 4.74 Å². The fourth-order valence-corrected chi connectivity index (χ4v) is 3.08. The van der Waals surface area contributed by atoms with Crippen molar-refractivity contribution in [1.82, 2.24) is 0 Å². The Bertz CT molecular complexity index is 854. The fraction of sp³-hybridized carbons (Fsp3) is 0.318. The molecule has 2 aromatic carbocycles. The van der Waals surface area contributed by atoms with Gasteiger partial charge in [0.05, 0.1) is 18.4 Å². The molecule has 0 fully saturated rings. The van der Waals surface area contributed by atoms with Crippen molar-refractivity contribution in [3.8, 4) is 0 Å². The molecule has 6 heteroatoms. The van der Waals surface area contributed by atoms with Gasteiger partial charge < -0.3 is 15.0 Å². The normalized spacial score (nSPS) is 10.3. The molecule has 0 aliphatic rings. The number of esters is 1. The van der Waals surface area contributed by atoms with Crippen molar-refractivity contribution in [3.05, 3.63) is 59.2 Å². The maximum atomic E-state index is 12.8. The van der Waals surface area contributed by atoms with Gasteiger partial charge >= 0.3 is 5.97 Å². The number of anilines is 2. The number of nitrogens with one attached hydrogen (secondary N) is 1. The number of rotatable bonds is 7. The van der Waals surface area contributed by atoms with E-state index in [2.05, 4.69) is 5.32 Å². The van der Waals surface area contributed by atoms with Gasteiger partial charge in [-0.05, 0) is 36.1 Å². The van der Waals surface area contributed by atoms with E-state index < -0.39 is 5.97 Å². The summed E-state index contributed by atoms with van der Waals surface area (Å²) in [5, 5.41) is 2.95. The van der Waals surface area contributed by atoms with Crippen LogP contribution in [0.1, 0.15) is 42.3 Å². The summed E-state index contributed by atoms with van der Waals surface area (Å²) in [6, 6.07) is 12.5. The molecule has 0 aliphatic heterocycles. The quantitative estimate of drug-likeness (QED) is 0.743. The molecule has 0 saturated carbocycles. The first-order chi connectivity index (χ1) is 13.4. The lowest BCUT2D eigenvalue weighted by Gasteiger charge is -2.23. The summed E-state index contributed by atoms with van der Waals surface area (Å²) in [4.78, 5) is 38.3. The molecule has 2 amide bonds. The third-order valence-electron chi connectivity index (χ3n) is 4.55. The molecule has 148 valence electrons. The summed E-state index contributed by atoms with van der Waals surface area (Å²) in [5.74, 6) is -1.23. The maximum absolute atomic E-state index is 12.8. The Labute approximate surface area is 165 Å². The fourth-order valence-electron chi connectivity index (χ4n) is 3.08. The number of para-hydroxylation sites is 2. The average Bonchev–Trinajstić information content (AvgIpc) is 2.71. The van der Waals surface area contributed by atoms with Gasteiger partial charge in [0.25, 0.3) is 0 Å². The Hall–Kier alpha value is -3.15. The van der Waals surface area contributed by atoms with Gasteiger partial charge in [0.2, 0.25) is 11.8 Å². The molecule has 0 spiro atoms. The number of amides is 2. The van der Waals surface area contributed by atoms with Crippen LogP contribution < -0.4 is 10.2 Å². The lowest BCUT2D eigenvalue weighted by molar-refractivity contribution is -0.120. The predicted molar refractivity (Wildman–Crippen MR) is 110 cm³/mol. The molecule has 0 aromatic heterocycles. The number of ether oxygens (including phenoxy) is 1. The van der Waals surface area contributed by atoms with Crippen molar-refractivity contribution in [2.75, 3.05) is 23.9 Å². The first kappa shape index (κ1) is 21.2. The Morgan fingerprint density at radius 1 is 0.964 bits per heavy atom. The van der Waals surface area contributed by atoms with Crippen LogP contribution in [0.3, 0.4) is 0 Å². The van der Waals surface area contributed by atoms with E-state index in [0.29, 0.717) is 5.69 Å². The largest absolute Gasteiger partial charge is 0.465 e. The summed E-state index contributed by atoms with van der Waals surface area (Å²) in [6.07, 6.45) is 1.57. The highest BCUT2D eigenvalue weighted by atomic mass is 16.5. The molecule has 6 nitrogen and oxygen atoms in total. The number of hydrogen-bond donors (Lipinski definition) is 1. The Balaban J connectivity index is 2.31. The lowest BCUT2D eigenvalue weighted by Crippen LogP contribution is -2.38. The van der Waals surface area contributed by atoms with Gasteiger partial charge in [-0.1, -0.05) is 44.2 Å². The molecule has 0 unspecified atom stereocenters. The van der Waals surface area contributed by atoms with E-state index in [-0.39, 0.29) is 23.9 Å². The molecular weight excluding hydrogens is 356 g/mol. The van der Waals surface area contributed by atoms with Gasteiger partial charge in [-0.3, -0.25) is 9.59 Å². The highest BCUT2D eigenvalue weighted by Gasteiger charge is 2.22. The number of aryl methyl sites for hydroxylation is 2. The summed E-state index contributed by atoms with van der Waals surface area (Å²) in [5.41, 5.74) is 3.45. The molecule has 2 rings (SSSR count). The van der Waals surface area contributed by atoms with Crippen molar-refractivity contribution in [2.45, 2.75) is 33.6 Å². The van der Waals surface area contributed by atoms with E-state index in [9.17, 15) is 14.4 Å². The summed E-state index contributed by atoms with van der Waals surface area (Å²) >= 11 is 0. The first-order valence-electron chi connectivity index (χ1n) is 9.28. The van der Waals surface area contributed by atoms with Crippen molar-refractivity contribution >= 4 is 29.2 Å². The zero-order valence-electron chi connectivity index (χ0n) is 16.7. The highest BCUT2D eigenvalue weighted by molar-refractivity contribution is 6.06. The maximum Gasteiger partial charge on any atom is 0.339 e. The minimum absolute atomic E-state index is 0.204. The molecular formula is C22H26N2O4. The van der Waals surface area contributed by atoms with E-state index in [0.717, 1.165) is 29.7 Å². The van der Waals surface area contributed by atoms with Gasteiger partial charge in [0.1, 0.15) is 6.54 Å². The van der Waals surface area contributed by atoms with Crippen LogP contribution in [0.5, 0.6) is 0 Å². The van der Waals surface area contributed by atoms with Gasteiger partial charge in [-0.2, -0.15) is 0 Å². The van der Waals surface area contributed by atoms with Gasteiger partial charge in [-0.25, -0.2) is 4.79 Å². The molecule has 28 heavy (non-hydrogen) atoms. The smallest absolute Gasteiger partial charge is 0.339 e. The molecule has 0 saturated heterocycles. The standard InChI is InChI=1S/C22H26N2O4/c1-5-16-10-9-11-17(6-2)21(16)23-20(26)14-24(15(3)25)19-13-8-7-12-18(19)22(27)28-4/h7-13H,5-6,14H2,1-4H3,(H,23,26). The van der Waals surface area contributed by atoms with E-state index in [1.165, 1.54) is 18.9 Å². The molecule has 0 atom stereocenters. The molecule has 0 radical (unpaired) electrons. The monoisotopic (exact) mass is 382 g/mol. The van der Waals surface area contributed by atoms with E-state index >= 15 is 0 Å². The number of carbonyl (C=O) groups is 3. The second-order valence-corrected chi connectivity index (χ2v) is 6.32. The van der Waals surface area contributed by atoms with Crippen molar-refractivity contribution in [1.29, 1.82) is 0 Å². The van der Waals surface area contributed by atoms with Crippen LogP contribution in [-0.4, -0.2) is 31.4 Å². The third kappa shape index (κ3) is 4.76. The van der Waals surface area contributed by atoms with Gasteiger partial charge in [-0.15, -0.1) is 0 Å². The minimum atomic E-state index is -0.563. The number of hydrogen-bond acceptors (Lipinski definition) is 4. The van der Waals surface area contributed by atoms with Crippen LogP contribution >= 0.6 is 0 Å². The highest BCUT2D eigenvalue weighted by Crippen LogP contribution is 2.24. The molecule has 0 bridgehead atoms.